The summed E-state index contributed by atoms with van der Waals surface area (Å²) in [5.41, 5.74) is 0.394. The quantitative estimate of drug-likeness (QED) is 0.502. The molecule has 0 bridgehead atoms. The molecule has 0 radical (unpaired) electrons. The average molecular weight is 403 g/mol. The minimum Gasteiger partial charge on any atom is -0.497 e. The van der Waals surface area contributed by atoms with E-state index in [0.29, 0.717) is 11.3 Å². The SMILES string of the molecule is C=CCNC(=O)C(=O)NC[C@@H](c1cccnc1)S(=O)(=O)c1ccc(OC)cc1. The number of methoxy groups -OCH3 is 1. The fourth-order valence-corrected chi connectivity index (χ4v) is 4.06. The van der Waals surface area contributed by atoms with Crippen molar-refractivity contribution in [1.29, 1.82) is 0 Å². The van der Waals surface area contributed by atoms with Crippen LogP contribution in [0.25, 0.3) is 0 Å². The van der Waals surface area contributed by atoms with Gasteiger partial charge in [0.1, 0.15) is 11.0 Å². The highest BCUT2D eigenvalue weighted by Gasteiger charge is 2.30. The smallest absolute Gasteiger partial charge is 0.309 e. The number of benzene rings is 1. The van der Waals surface area contributed by atoms with E-state index in [1.165, 1.54) is 49.8 Å². The molecule has 8 nitrogen and oxygen atoms in total. The normalized spacial score (nSPS) is 11.9. The van der Waals surface area contributed by atoms with E-state index in [9.17, 15) is 18.0 Å². The molecule has 2 amide bonds. The summed E-state index contributed by atoms with van der Waals surface area (Å²) in [6.07, 6.45) is 4.36. The number of sulfone groups is 1. The van der Waals surface area contributed by atoms with Crippen molar-refractivity contribution in [3.8, 4) is 5.75 Å². The van der Waals surface area contributed by atoms with Crippen molar-refractivity contribution in [3.63, 3.8) is 0 Å². The standard InChI is InChI=1S/C19H21N3O5S/c1-3-10-21-18(23)19(24)22-13-17(14-5-4-11-20-12-14)28(25,26)16-8-6-15(27-2)7-9-16/h3-9,11-12,17H,1,10,13H2,2H3,(H,21,23)(H,22,24)/t17-/m0/s1. The maximum Gasteiger partial charge on any atom is 0.309 e. The summed E-state index contributed by atoms with van der Waals surface area (Å²) in [7, 11) is -2.39. The summed E-state index contributed by atoms with van der Waals surface area (Å²) in [4.78, 5) is 27.7. The molecule has 0 aliphatic rings. The maximum atomic E-state index is 13.2. The molecule has 0 saturated heterocycles. The first-order valence-electron chi connectivity index (χ1n) is 8.35. The fraction of sp³-hybridized carbons (Fsp3) is 0.211. The number of nitrogens with one attached hydrogen (secondary N) is 2. The summed E-state index contributed by atoms with van der Waals surface area (Å²) < 4.78 is 31.4. The maximum absolute atomic E-state index is 13.2. The van der Waals surface area contributed by atoms with Gasteiger partial charge in [0.2, 0.25) is 0 Å². The van der Waals surface area contributed by atoms with E-state index in [2.05, 4.69) is 22.2 Å². The van der Waals surface area contributed by atoms with Crippen LogP contribution in [0.3, 0.4) is 0 Å². The van der Waals surface area contributed by atoms with Gasteiger partial charge in [-0.1, -0.05) is 12.1 Å². The first-order chi connectivity index (χ1) is 13.4. The lowest BCUT2D eigenvalue weighted by Gasteiger charge is -2.18. The van der Waals surface area contributed by atoms with Crippen LogP contribution in [-0.2, 0) is 19.4 Å². The molecule has 0 aliphatic heterocycles. The Morgan fingerprint density at radius 3 is 2.43 bits per heavy atom. The van der Waals surface area contributed by atoms with Crippen LogP contribution in [0.4, 0.5) is 0 Å². The zero-order valence-electron chi connectivity index (χ0n) is 15.3. The van der Waals surface area contributed by atoms with E-state index in [1.54, 1.807) is 12.1 Å². The van der Waals surface area contributed by atoms with Crippen molar-refractivity contribution < 1.29 is 22.7 Å². The van der Waals surface area contributed by atoms with E-state index in [-0.39, 0.29) is 18.0 Å². The van der Waals surface area contributed by atoms with Crippen molar-refractivity contribution in [3.05, 3.63) is 67.0 Å². The van der Waals surface area contributed by atoms with Gasteiger partial charge in [-0.05, 0) is 35.9 Å². The molecule has 0 spiro atoms. The number of pyridine rings is 1. The molecule has 2 N–H and O–H groups in total. The predicted molar refractivity (Wildman–Crippen MR) is 103 cm³/mol. The minimum atomic E-state index is -3.88. The van der Waals surface area contributed by atoms with Gasteiger partial charge in [0.25, 0.3) is 0 Å². The van der Waals surface area contributed by atoms with E-state index < -0.39 is 26.9 Å². The predicted octanol–water partition coefficient (Wildman–Crippen LogP) is 1.02. The molecule has 148 valence electrons. The van der Waals surface area contributed by atoms with Crippen molar-refractivity contribution >= 4 is 21.7 Å². The molecule has 0 aliphatic carbocycles. The lowest BCUT2D eigenvalue weighted by molar-refractivity contribution is -0.139. The third kappa shape index (κ3) is 5.17. The van der Waals surface area contributed by atoms with Gasteiger partial charge in [0.05, 0.1) is 12.0 Å². The van der Waals surface area contributed by atoms with Gasteiger partial charge in [0.15, 0.2) is 9.84 Å². The van der Waals surface area contributed by atoms with Gasteiger partial charge < -0.3 is 15.4 Å². The summed E-state index contributed by atoms with van der Waals surface area (Å²) in [5.74, 6) is -1.28. The van der Waals surface area contributed by atoms with Crippen LogP contribution in [0.1, 0.15) is 10.8 Å². The second-order valence-corrected chi connectivity index (χ2v) is 7.83. The lowest BCUT2D eigenvalue weighted by atomic mass is 10.2. The van der Waals surface area contributed by atoms with Gasteiger partial charge in [-0.15, -0.1) is 6.58 Å². The van der Waals surface area contributed by atoms with Gasteiger partial charge in [-0.3, -0.25) is 14.6 Å². The third-order valence-electron chi connectivity index (χ3n) is 3.88. The number of amides is 2. The molecule has 2 aromatic rings. The Morgan fingerprint density at radius 1 is 1.18 bits per heavy atom. The molecule has 1 aromatic carbocycles. The van der Waals surface area contributed by atoms with Crippen molar-refractivity contribution in [1.82, 2.24) is 15.6 Å². The Kier molecular flexibility index (Phi) is 7.28. The van der Waals surface area contributed by atoms with Crippen molar-refractivity contribution in [2.24, 2.45) is 0 Å². The first-order valence-corrected chi connectivity index (χ1v) is 9.89. The number of aromatic nitrogens is 1. The highest BCUT2D eigenvalue weighted by molar-refractivity contribution is 7.91. The van der Waals surface area contributed by atoms with E-state index in [4.69, 9.17) is 4.74 Å². The van der Waals surface area contributed by atoms with E-state index in [0.717, 1.165) is 0 Å². The largest absolute Gasteiger partial charge is 0.497 e. The molecular weight excluding hydrogens is 382 g/mol. The molecule has 1 heterocycles. The molecule has 0 unspecified atom stereocenters. The van der Waals surface area contributed by atoms with Crippen LogP contribution in [0, 0.1) is 0 Å². The molecular formula is C19H21N3O5S. The Balaban J connectivity index is 2.28. The molecule has 1 aromatic heterocycles. The van der Waals surface area contributed by atoms with Crippen LogP contribution in [0.2, 0.25) is 0 Å². The summed E-state index contributed by atoms with van der Waals surface area (Å²) >= 11 is 0. The number of rotatable bonds is 8. The molecule has 9 heteroatoms. The van der Waals surface area contributed by atoms with Gasteiger partial charge in [-0.25, -0.2) is 8.42 Å². The van der Waals surface area contributed by atoms with E-state index >= 15 is 0 Å². The highest BCUT2D eigenvalue weighted by Crippen LogP contribution is 2.29. The number of carbonyl (C=O) groups is 2. The lowest BCUT2D eigenvalue weighted by Crippen LogP contribution is -2.42. The number of nitrogens with zero attached hydrogens (tertiary/aromatic N) is 1. The Morgan fingerprint density at radius 2 is 1.86 bits per heavy atom. The van der Waals surface area contributed by atoms with Crippen LogP contribution in [-0.4, -0.2) is 45.4 Å². The minimum absolute atomic E-state index is 0.0625. The second kappa shape index (κ2) is 9.65. The zero-order chi connectivity index (χ0) is 20.6. The fourth-order valence-electron chi connectivity index (χ4n) is 2.41. The van der Waals surface area contributed by atoms with Crippen LogP contribution < -0.4 is 15.4 Å². The van der Waals surface area contributed by atoms with Crippen LogP contribution in [0.15, 0.2) is 66.3 Å². The van der Waals surface area contributed by atoms with Crippen molar-refractivity contribution in [2.75, 3.05) is 20.2 Å². The average Bonchev–Trinajstić information content (AvgIpc) is 2.72. The first kappa shape index (κ1) is 21.1. The van der Waals surface area contributed by atoms with Gasteiger partial charge in [0, 0.05) is 25.5 Å². The van der Waals surface area contributed by atoms with Gasteiger partial charge >= 0.3 is 11.8 Å². The molecule has 1 atom stereocenters. The monoisotopic (exact) mass is 403 g/mol. The third-order valence-corrected chi connectivity index (χ3v) is 6.00. The topological polar surface area (TPSA) is 114 Å². The molecule has 0 fully saturated rings. The van der Waals surface area contributed by atoms with E-state index in [1.807, 2.05) is 0 Å². The second-order valence-electron chi connectivity index (χ2n) is 5.70. The van der Waals surface area contributed by atoms with Crippen LogP contribution in [0.5, 0.6) is 5.75 Å². The summed E-state index contributed by atoms with van der Waals surface area (Å²) in [6.45, 7) is 3.28. The van der Waals surface area contributed by atoms with Crippen molar-refractivity contribution in [2.45, 2.75) is 10.1 Å². The number of hydrogen-bond donors (Lipinski definition) is 2. The summed E-state index contributed by atoms with van der Waals surface area (Å²) in [6, 6.07) is 9.13. The van der Waals surface area contributed by atoms with Gasteiger partial charge in [-0.2, -0.15) is 0 Å². The summed E-state index contributed by atoms with van der Waals surface area (Å²) in [5, 5.41) is 3.59. The molecule has 0 saturated carbocycles. The number of carbonyl (C=O) groups excluding carboxylic acids is 2. The Labute approximate surface area is 163 Å². The highest BCUT2D eigenvalue weighted by atomic mass is 32.2. The molecule has 2 rings (SSSR count). The number of ether oxygens (including phenoxy) is 1. The Hall–Kier alpha value is -3.20. The van der Waals surface area contributed by atoms with Crippen LogP contribution >= 0.6 is 0 Å². The zero-order valence-corrected chi connectivity index (χ0v) is 16.1. The molecule has 28 heavy (non-hydrogen) atoms. The Bertz CT molecular complexity index is 928. The number of hydrogen-bond acceptors (Lipinski definition) is 6.